The minimum Gasteiger partial charge on any atom is -0.497 e. The maximum absolute atomic E-state index is 12.2. The van der Waals surface area contributed by atoms with Crippen LogP contribution in [0.25, 0.3) is 6.08 Å². The predicted octanol–water partition coefficient (Wildman–Crippen LogP) is 3.75. The van der Waals surface area contributed by atoms with E-state index in [4.69, 9.17) is 14.2 Å². The van der Waals surface area contributed by atoms with Gasteiger partial charge >= 0.3 is 0 Å². The van der Waals surface area contributed by atoms with Gasteiger partial charge in [0.05, 0.1) is 13.7 Å². The van der Waals surface area contributed by atoms with Crippen LogP contribution in [0, 0.1) is 0 Å². The number of hydrogen-bond donors (Lipinski definition) is 1. The van der Waals surface area contributed by atoms with Crippen molar-refractivity contribution < 1.29 is 19.0 Å². The third-order valence-corrected chi connectivity index (χ3v) is 4.35. The van der Waals surface area contributed by atoms with Gasteiger partial charge in [0.25, 0.3) is 0 Å². The summed E-state index contributed by atoms with van der Waals surface area (Å²) in [5, 5.41) is 2.91. The lowest BCUT2D eigenvalue weighted by molar-refractivity contribution is -0.116. The SMILES string of the molecule is CCOc1cc2c(cc1CNC(=O)/C=C/c1cccc(OC)c1)O[C@@H](C)C2. The third kappa shape index (κ3) is 4.82. The Morgan fingerprint density at radius 3 is 2.96 bits per heavy atom. The van der Waals surface area contributed by atoms with Gasteiger partial charge in [0.15, 0.2) is 0 Å². The Morgan fingerprint density at radius 1 is 1.33 bits per heavy atom. The number of benzene rings is 2. The summed E-state index contributed by atoms with van der Waals surface area (Å²) in [6.07, 6.45) is 4.33. The van der Waals surface area contributed by atoms with E-state index < -0.39 is 0 Å². The van der Waals surface area contributed by atoms with Crippen molar-refractivity contribution in [1.29, 1.82) is 0 Å². The molecule has 1 heterocycles. The van der Waals surface area contributed by atoms with Crippen LogP contribution in [-0.4, -0.2) is 25.7 Å². The summed E-state index contributed by atoms with van der Waals surface area (Å²) < 4.78 is 16.8. The van der Waals surface area contributed by atoms with E-state index in [1.165, 1.54) is 6.08 Å². The normalized spacial score (nSPS) is 15.3. The van der Waals surface area contributed by atoms with E-state index in [1.54, 1.807) is 13.2 Å². The summed E-state index contributed by atoms with van der Waals surface area (Å²) in [5.74, 6) is 2.26. The fourth-order valence-corrected chi connectivity index (χ4v) is 3.07. The molecule has 0 unspecified atom stereocenters. The highest BCUT2D eigenvalue weighted by Gasteiger charge is 2.21. The lowest BCUT2D eigenvalue weighted by atomic mass is 10.1. The minimum atomic E-state index is -0.171. The second-order valence-corrected chi connectivity index (χ2v) is 6.46. The van der Waals surface area contributed by atoms with Crippen LogP contribution in [0.15, 0.2) is 42.5 Å². The Kier molecular flexibility index (Phi) is 6.01. The monoisotopic (exact) mass is 367 g/mol. The molecule has 1 N–H and O–H groups in total. The molecule has 0 saturated heterocycles. The van der Waals surface area contributed by atoms with E-state index in [2.05, 4.69) is 5.32 Å². The van der Waals surface area contributed by atoms with Crippen LogP contribution in [-0.2, 0) is 17.8 Å². The van der Waals surface area contributed by atoms with Crippen LogP contribution in [0.1, 0.15) is 30.5 Å². The van der Waals surface area contributed by atoms with Crippen molar-refractivity contribution in [3.63, 3.8) is 0 Å². The number of carbonyl (C=O) groups is 1. The molecule has 0 fully saturated rings. The molecule has 2 aromatic carbocycles. The van der Waals surface area contributed by atoms with Crippen molar-refractivity contribution in [2.75, 3.05) is 13.7 Å². The van der Waals surface area contributed by atoms with Crippen molar-refractivity contribution in [1.82, 2.24) is 5.32 Å². The van der Waals surface area contributed by atoms with Crippen LogP contribution >= 0.6 is 0 Å². The van der Waals surface area contributed by atoms with Crippen LogP contribution in [0.2, 0.25) is 0 Å². The first-order chi connectivity index (χ1) is 13.1. The molecule has 5 nitrogen and oxygen atoms in total. The summed E-state index contributed by atoms with van der Waals surface area (Å²) in [6.45, 7) is 4.95. The summed E-state index contributed by atoms with van der Waals surface area (Å²) in [6, 6.07) is 11.5. The average Bonchev–Trinajstić information content (AvgIpc) is 3.03. The molecule has 0 bridgehead atoms. The number of hydrogen-bond acceptors (Lipinski definition) is 4. The van der Waals surface area contributed by atoms with E-state index in [1.807, 2.05) is 50.2 Å². The Labute approximate surface area is 159 Å². The molecule has 0 spiro atoms. The zero-order valence-corrected chi connectivity index (χ0v) is 16.0. The Balaban J connectivity index is 1.66. The Morgan fingerprint density at radius 2 is 2.19 bits per heavy atom. The molecular formula is C22H25NO4. The molecule has 1 aliphatic heterocycles. The first kappa shape index (κ1) is 18.8. The highest BCUT2D eigenvalue weighted by atomic mass is 16.5. The van der Waals surface area contributed by atoms with Crippen molar-refractivity contribution in [3.05, 3.63) is 59.2 Å². The molecule has 3 rings (SSSR count). The fourth-order valence-electron chi connectivity index (χ4n) is 3.07. The lowest BCUT2D eigenvalue weighted by Gasteiger charge is -2.13. The molecule has 0 aromatic heterocycles. The number of fused-ring (bicyclic) bond motifs is 1. The molecule has 5 heteroatoms. The van der Waals surface area contributed by atoms with E-state index >= 15 is 0 Å². The number of nitrogens with one attached hydrogen (secondary N) is 1. The second-order valence-electron chi connectivity index (χ2n) is 6.46. The fraction of sp³-hybridized carbons (Fsp3) is 0.318. The van der Waals surface area contributed by atoms with Crippen molar-refractivity contribution in [3.8, 4) is 17.2 Å². The lowest BCUT2D eigenvalue weighted by Crippen LogP contribution is -2.20. The smallest absolute Gasteiger partial charge is 0.244 e. The standard InChI is InChI=1S/C22H25NO4/c1-4-26-20-12-17-10-15(2)27-21(17)13-18(20)14-23-22(24)9-8-16-6-5-7-19(11-16)25-3/h5-9,11-13,15H,4,10,14H2,1-3H3,(H,23,24)/b9-8+/t15-/m0/s1. The van der Waals surface area contributed by atoms with Gasteiger partial charge in [-0.25, -0.2) is 0 Å². The number of amides is 1. The molecule has 27 heavy (non-hydrogen) atoms. The maximum atomic E-state index is 12.2. The third-order valence-electron chi connectivity index (χ3n) is 4.35. The van der Waals surface area contributed by atoms with Gasteiger partial charge in [-0.3, -0.25) is 4.79 Å². The number of ether oxygens (including phenoxy) is 3. The van der Waals surface area contributed by atoms with Crippen LogP contribution < -0.4 is 19.5 Å². The summed E-state index contributed by atoms with van der Waals surface area (Å²) in [5.41, 5.74) is 2.96. The largest absolute Gasteiger partial charge is 0.497 e. The molecule has 1 amide bonds. The quantitative estimate of drug-likeness (QED) is 0.758. The van der Waals surface area contributed by atoms with Crippen molar-refractivity contribution in [2.45, 2.75) is 32.9 Å². The number of carbonyl (C=O) groups excluding carboxylic acids is 1. The van der Waals surface area contributed by atoms with Gasteiger partial charge in [0, 0.05) is 30.2 Å². The van der Waals surface area contributed by atoms with Crippen LogP contribution in [0.5, 0.6) is 17.2 Å². The number of rotatable bonds is 7. The minimum absolute atomic E-state index is 0.171. The molecular weight excluding hydrogens is 342 g/mol. The van der Waals surface area contributed by atoms with Crippen LogP contribution in [0.4, 0.5) is 0 Å². The number of methoxy groups -OCH3 is 1. The first-order valence-electron chi connectivity index (χ1n) is 9.14. The predicted molar refractivity (Wildman–Crippen MR) is 105 cm³/mol. The first-order valence-corrected chi connectivity index (χ1v) is 9.14. The van der Waals surface area contributed by atoms with Crippen molar-refractivity contribution in [2.24, 2.45) is 0 Å². The van der Waals surface area contributed by atoms with E-state index in [9.17, 15) is 4.79 Å². The zero-order valence-electron chi connectivity index (χ0n) is 16.0. The second kappa shape index (κ2) is 8.62. The van der Waals surface area contributed by atoms with E-state index in [0.29, 0.717) is 13.2 Å². The maximum Gasteiger partial charge on any atom is 0.244 e. The molecule has 0 radical (unpaired) electrons. The highest BCUT2D eigenvalue weighted by Crippen LogP contribution is 2.35. The van der Waals surface area contributed by atoms with Gasteiger partial charge in [-0.05, 0) is 49.8 Å². The Hall–Kier alpha value is -2.95. The molecule has 1 atom stereocenters. The molecule has 0 aliphatic carbocycles. The van der Waals surface area contributed by atoms with E-state index in [-0.39, 0.29) is 12.0 Å². The van der Waals surface area contributed by atoms with Gasteiger partial charge in [-0.2, -0.15) is 0 Å². The van der Waals surface area contributed by atoms with Gasteiger partial charge < -0.3 is 19.5 Å². The molecule has 0 saturated carbocycles. The van der Waals surface area contributed by atoms with Gasteiger partial charge in [0.1, 0.15) is 23.4 Å². The topological polar surface area (TPSA) is 56.8 Å². The molecule has 2 aromatic rings. The van der Waals surface area contributed by atoms with E-state index in [0.717, 1.165) is 40.4 Å². The molecule has 1 aliphatic rings. The summed E-state index contributed by atoms with van der Waals surface area (Å²) in [7, 11) is 1.62. The zero-order chi connectivity index (χ0) is 19.2. The van der Waals surface area contributed by atoms with Gasteiger partial charge in [0.2, 0.25) is 5.91 Å². The average molecular weight is 367 g/mol. The van der Waals surface area contributed by atoms with Gasteiger partial charge in [-0.15, -0.1) is 0 Å². The molecule has 142 valence electrons. The Bertz CT molecular complexity index is 844. The van der Waals surface area contributed by atoms with Gasteiger partial charge in [-0.1, -0.05) is 12.1 Å². The summed E-state index contributed by atoms with van der Waals surface area (Å²) in [4.78, 5) is 12.2. The van der Waals surface area contributed by atoms with Crippen LogP contribution in [0.3, 0.4) is 0 Å². The highest BCUT2D eigenvalue weighted by molar-refractivity contribution is 5.91. The van der Waals surface area contributed by atoms with Crippen molar-refractivity contribution >= 4 is 12.0 Å². The summed E-state index contributed by atoms with van der Waals surface area (Å²) >= 11 is 0.